The molecule has 1 unspecified atom stereocenters. The van der Waals surface area contributed by atoms with E-state index in [0.717, 1.165) is 5.56 Å². The summed E-state index contributed by atoms with van der Waals surface area (Å²) in [6.45, 7) is 7.36. The van der Waals surface area contributed by atoms with Gasteiger partial charge in [-0.3, -0.25) is 9.59 Å². The fourth-order valence-electron chi connectivity index (χ4n) is 2.86. The van der Waals surface area contributed by atoms with Gasteiger partial charge >= 0.3 is 5.97 Å². The van der Waals surface area contributed by atoms with Gasteiger partial charge in [0.05, 0.1) is 12.7 Å². The lowest BCUT2D eigenvalue weighted by Crippen LogP contribution is -2.47. The molecule has 0 fully saturated rings. The van der Waals surface area contributed by atoms with Crippen molar-refractivity contribution in [2.45, 2.75) is 33.7 Å². The Morgan fingerprint density at radius 3 is 2.29 bits per heavy atom. The molecular weight excluding hydrogens is 356 g/mol. The molecule has 0 radical (unpaired) electrons. The van der Waals surface area contributed by atoms with E-state index in [-0.39, 0.29) is 17.7 Å². The fraction of sp³-hybridized carbons (Fsp3) is 0.318. The third-order valence-electron chi connectivity index (χ3n) is 4.51. The van der Waals surface area contributed by atoms with Crippen molar-refractivity contribution in [3.05, 3.63) is 64.7 Å². The largest absolute Gasteiger partial charge is 0.465 e. The van der Waals surface area contributed by atoms with E-state index in [9.17, 15) is 14.4 Å². The molecule has 0 bridgehead atoms. The van der Waals surface area contributed by atoms with E-state index in [0.29, 0.717) is 22.4 Å². The van der Waals surface area contributed by atoms with Crippen LogP contribution in [0.4, 0.5) is 5.69 Å². The molecule has 0 aliphatic heterocycles. The molecule has 148 valence electrons. The van der Waals surface area contributed by atoms with Gasteiger partial charge in [-0.1, -0.05) is 37.6 Å². The first-order valence-corrected chi connectivity index (χ1v) is 9.11. The van der Waals surface area contributed by atoms with Gasteiger partial charge in [0.1, 0.15) is 6.04 Å². The Morgan fingerprint density at radius 2 is 1.68 bits per heavy atom. The van der Waals surface area contributed by atoms with Crippen molar-refractivity contribution in [2.75, 3.05) is 12.4 Å². The maximum atomic E-state index is 12.8. The van der Waals surface area contributed by atoms with Crippen LogP contribution in [-0.4, -0.2) is 30.9 Å². The number of hydrogen-bond donors (Lipinski definition) is 2. The van der Waals surface area contributed by atoms with Crippen LogP contribution in [-0.2, 0) is 9.53 Å². The standard InChI is InChI=1S/C22H26N2O4/c1-13(2)19(24-20(25)16-9-6-8-14(3)12-16)21(26)23-18-11-7-10-17(15(18)4)22(27)28-5/h6-13,19H,1-5H3,(H,23,26)(H,24,25). The highest BCUT2D eigenvalue weighted by Gasteiger charge is 2.25. The Balaban J connectivity index is 2.20. The zero-order chi connectivity index (χ0) is 20.8. The van der Waals surface area contributed by atoms with E-state index in [4.69, 9.17) is 4.74 Å². The van der Waals surface area contributed by atoms with Gasteiger partial charge in [-0.2, -0.15) is 0 Å². The summed E-state index contributed by atoms with van der Waals surface area (Å²) >= 11 is 0. The maximum absolute atomic E-state index is 12.8. The van der Waals surface area contributed by atoms with E-state index >= 15 is 0 Å². The van der Waals surface area contributed by atoms with Crippen molar-refractivity contribution in [1.82, 2.24) is 5.32 Å². The lowest BCUT2D eigenvalue weighted by Gasteiger charge is -2.22. The van der Waals surface area contributed by atoms with Crippen molar-refractivity contribution in [1.29, 1.82) is 0 Å². The molecule has 2 N–H and O–H groups in total. The minimum atomic E-state index is -0.728. The first-order valence-electron chi connectivity index (χ1n) is 9.11. The smallest absolute Gasteiger partial charge is 0.338 e. The molecule has 0 saturated carbocycles. The van der Waals surface area contributed by atoms with Gasteiger partial charge in [-0.15, -0.1) is 0 Å². The molecule has 2 aromatic rings. The number of carbonyl (C=O) groups is 3. The Labute approximate surface area is 165 Å². The van der Waals surface area contributed by atoms with Crippen LogP contribution in [0.3, 0.4) is 0 Å². The molecular formula is C22H26N2O4. The monoisotopic (exact) mass is 382 g/mol. The molecule has 0 aliphatic carbocycles. The maximum Gasteiger partial charge on any atom is 0.338 e. The lowest BCUT2D eigenvalue weighted by atomic mass is 10.0. The summed E-state index contributed by atoms with van der Waals surface area (Å²) in [5.74, 6) is -1.25. The Kier molecular flexibility index (Phi) is 6.93. The summed E-state index contributed by atoms with van der Waals surface area (Å²) in [7, 11) is 1.31. The molecule has 28 heavy (non-hydrogen) atoms. The summed E-state index contributed by atoms with van der Waals surface area (Å²) in [5.41, 5.74) is 2.96. The van der Waals surface area contributed by atoms with E-state index < -0.39 is 12.0 Å². The predicted molar refractivity (Wildman–Crippen MR) is 108 cm³/mol. The van der Waals surface area contributed by atoms with E-state index in [1.165, 1.54) is 7.11 Å². The average molecular weight is 382 g/mol. The number of esters is 1. The van der Waals surface area contributed by atoms with E-state index in [1.807, 2.05) is 26.8 Å². The normalized spacial score (nSPS) is 11.6. The minimum Gasteiger partial charge on any atom is -0.465 e. The second kappa shape index (κ2) is 9.17. The third kappa shape index (κ3) is 4.97. The summed E-state index contributed by atoms with van der Waals surface area (Å²) < 4.78 is 4.77. The molecule has 0 aromatic heterocycles. The van der Waals surface area contributed by atoms with Crippen LogP contribution in [0.1, 0.15) is 45.7 Å². The quantitative estimate of drug-likeness (QED) is 0.749. The zero-order valence-electron chi connectivity index (χ0n) is 16.8. The highest BCUT2D eigenvalue weighted by atomic mass is 16.5. The number of amides is 2. The van der Waals surface area contributed by atoms with Crippen LogP contribution in [0.5, 0.6) is 0 Å². The van der Waals surface area contributed by atoms with Crippen LogP contribution in [0.25, 0.3) is 0 Å². The summed E-state index contributed by atoms with van der Waals surface area (Å²) in [6, 6.07) is 11.5. The summed E-state index contributed by atoms with van der Waals surface area (Å²) in [4.78, 5) is 37.3. The Morgan fingerprint density at radius 1 is 1.00 bits per heavy atom. The topological polar surface area (TPSA) is 84.5 Å². The molecule has 1 atom stereocenters. The molecule has 2 aromatic carbocycles. The number of hydrogen-bond acceptors (Lipinski definition) is 4. The molecule has 6 heteroatoms. The van der Waals surface area contributed by atoms with Gasteiger partial charge in [0.2, 0.25) is 5.91 Å². The van der Waals surface area contributed by atoms with Gasteiger partial charge in [0, 0.05) is 11.3 Å². The molecule has 0 saturated heterocycles. The van der Waals surface area contributed by atoms with Crippen LogP contribution in [0.15, 0.2) is 42.5 Å². The minimum absolute atomic E-state index is 0.127. The van der Waals surface area contributed by atoms with E-state index in [2.05, 4.69) is 10.6 Å². The van der Waals surface area contributed by atoms with Gasteiger partial charge in [-0.05, 0) is 49.6 Å². The summed E-state index contributed by atoms with van der Waals surface area (Å²) in [5, 5.41) is 5.62. The zero-order valence-corrected chi connectivity index (χ0v) is 16.8. The number of nitrogens with one attached hydrogen (secondary N) is 2. The first kappa shape index (κ1) is 21.2. The number of carbonyl (C=O) groups excluding carboxylic acids is 3. The molecule has 0 spiro atoms. The van der Waals surface area contributed by atoms with Crippen molar-refractivity contribution in [3.8, 4) is 0 Å². The second-order valence-corrected chi connectivity index (χ2v) is 7.02. The number of ether oxygens (including phenoxy) is 1. The molecule has 6 nitrogen and oxygen atoms in total. The van der Waals surface area contributed by atoms with Crippen molar-refractivity contribution in [2.24, 2.45) is 5.92 Å². The van der Waals surface area contributed by atoms with Crippen LogP contribution in [0, 0.1) is 19.8 Å². The molecule has 0 heterocycles. The second-order valence-electron chi connectivity index (χ2n) is 7.02. The van der Waals surface area contributed by atoms with Crippen LogP contribution >= 0.6 is 0 Å². The number of methoxy groups -OCH3 is 1. The number of anilines is 1. The summed E-state index contributed by atoms with van der Waals surface area (Å²) in [6.07, 6.45) is 0. The van der Waals surface area contributed by atoms with Crippen molar-refractivity contribution in [3.63, 3.8) is 0 Å². The number of rotatable bonds is 6. The number of benzene rings is 2. The van der Waals surface area contributed by atoms with Crippen LogP contribution in [0.2, 0.25) is 0 Å². The Hall–Kier alpha value is -3.15. The van der Waals surface area contributed by atoms with Crippen molar-refractivity contribution >= 4 is 23.5 Å². The van der Waals surface area contributed by atoms with Gasteiger partial charge in [0.15, 0.2) is 0 Å². The fourth-order valence-corrected chi connectivity index (χ4v) is 2.86. The SMILES string of the molecule is COC(=O)c1cccc(NC(=O)C(NC(=O)c2cccc(C)c2)C(C)C)c1C. The molecule has 2 rings (SSSR count). The van der Waals surface area contributed by atoms with Gasteiger partial charge in [0.25, 0.3) is 5.91 Å². The van der Waals surface area contributed by atoms with E-state index in [1.54, 1.807) is 43.3 Å². The third-order valence-corrected chi connectivity index (χ3v) is 4.51. The highest BCUT2D eigenvalue weighted by Crippen LogP contribution is 2.20. The highest BCUT2D eigenvalue weighted by molar-refractivity contribution is 6.02. The Bertz CT molecular complexity index is 890. The molecule has 0 aliphatic rings. The first-order chi connectivity index (χ1) is 13.2. The lowest BCUT2D eigenvalue weighted by molar-refractivity contribution is -0.118. The predicted octanol–water partition coefficient (Wildman–Crippen LogP) is 3.48. The van der Waals surface area contributed by atoms with Gasteiger partial charge < -0.3 is 15.4 Å². The van der Waals surface area contributed by atoms with Crippen molar-refractivity contribution < 1.29 is 19.1 Å². The van der Waals surface area contributed by atoms with Gasteiger partial charge in [-0.25, -0.2) is 4.79 Å². The average Bonchev–Trinajstić information content (AvgIpc) is 2.66. The molecule has 2 amide bonds. The number of aryl methyl sites for hydroxylation is 1. The van der Waals surface area contributed by atoms with Crippen LogP contribution < -0.4 is 10.6 Å².